The third-order valence-corrected chi connectivity index (χ3v) is 2.93. The SMILES string of the molecule is CCON=CC1CC(C2=CC=CC=CN2)C1. The van der Waals surface area contributed by atoms with Crippen LogP contribution in [0.5, 0.6) is 0 Å². The molecule has 86 valence electrons. The van der Waals surface area contributed by atoms with E-state index < -0.39 is 0 Å². The lowest BCUT2D eigenvalue weighted by Gasteiger charge is -2.34. The average molecular weight is 218 g/mol. The molecule has 16 heavy (non-hydrogen) atoms. The van der Waals surface area contributed by atoms with Gasteiger partial charge in [0, 0.05) is 24.0 Å². The van der Waals surface area contributed by atoms with Crippen LogP contribution < -0.4 is 5.32 Å². The van der Waals surface area contributed by atoms with Crippen LogP contribution >= 0.6 is 0 Å². The second-order valence-electron chi connectivity index (χ2n) is 4.11. The number of hydrogen-bond donors (Lipinski definition) is 1. The van der Waals surface area contributed by atoms with Crippen molar-refractivity contribution in [3.8, 4) is 0 Å². The minimum absolute atomic E-state index is 0.579. The monoisotopic (exact) mass is 218 g/mol. The van der Waals surface area contributed by atoms with Crippen LogP contribution in [0.15, 0.2) is 41.4 Å². The Balaban J connectivity index is 1.77. The zero-order valence-corrected chi connectivity index (χ0v) is 9.60. The summed E-state index contributed by atoms with van der Waals surface area (Å²) in [6, 6.07) is 0. The maximum absolute atomic E-state index is 4.96. The van der Waals surface area contributed by atoms with Crippen molar-refractivity contribution in [1.29, 1.82) is 0 Å². The Morgan fingerprint density at radius 2 is 2.31 bits per heavy atom. The number of hydrogen-bond acceptors (Lipinski definition) is 3. The van der Waals surface area contributed by atoms with Gasteiger partial charge in [0.25, 0.3) is 0 Å². The first-order valence-electron chi connectivity index (χ1n) is 5.85. The zero-order valence-electron chi connectivity index (χ0n) is 9.60. The lowest BCUT2D eigenvalue weighted by Crippen LogP contribution is -2.30. The Labute approximate surface area is 96.6 Å². The lowest BCUT2D eigenvalue weighted by atomic mass is 9.73. The average Bonchev–Trinajstić information content (AvgIpc) is 2.50. The van der Waals surface area contributed by atoms with Crippen molar-refractivity contribution in [3.63, 3.8) is 0 Å². The van der Waals surface area contributed by atoms with E-state index in [1.54, 1.807) is 0 Å². The van der Waals surface area contributed by atoms with Crippen LogP contribution in [0.4, 0.5) is 0 Å². The summed E-state index contributed by atoms with van der Waals surface area (Å²) >= 11 is 0. The molecule has 0 amide bonds. The van der Waals surface area contributed by atoms with E-state index in [2.05, 4.69) is 22.6 Å². The van der Waals surface area contributed by atoms with Gasteiger partial charge in [-0.15, -0.1) is 0 Å². The smallest absolute Gasteiger partial charge is 0.114 e. The Hall–Kier alpha value is -1.51. The molecule has 0 unspecified atom stereocenters. The van der Waals surface area contributed by atoms with Crippen LogP contribution in [0, 0.1) is 11.8 Å². The quantitative estimate of drug-likeness (QED) is 0.581. The largest absolute Gasteiger partial charge is 0.396 e. The fourth-order valence-corrected chi connectivity index (χ4v) is 1.97. The fraction of sp³-hybridized carbons (Fsp3) is 0.462. The van der Waals surface area contributed by atoms with Gasteiger partial charge in [0.15, 0.2) is 0 Å². The number of allylic oxidation sites excluding steroid dienone is 5. The highest BCUT2D eigenvalue weighted by Crippen LogP contribution is 2.37. The molecule has 0 aromatic carbocycles. The van der Waals surface area contributed by atoms with E-state index in [-0.39, 0.29) is 0 Å². The number of nitrogens with one attached hydrogen (secondary N) is 1. The van der Waals surface area contributed by atoms with Gasteiger partial charge in [-0.1, -0.05) is 17.3 Å². The molecule has 0 saturated heterocycles. The Morgan fingerprint density at radius 3 is 3.12 bits per heavy atom. The summed E-state index contributed by atoms with van der Waals surface area (Å²) in [5.41, 5.74) is 1.31. The fourth-order valence-electron chi connectivity index (χ4n) is 1.97. The van der Waals surface area contributed by atoms with Crippen molar-refractivity contribution in [2.45, 2.75) is 19.8 Å². The predicted octanol–water partition coefficient (Wildman–Crippen LogP) is 2.59. The number of oxime groups is 1. The van der Waals surface area contributed by atoms with Crippen LogP contribution in [0.1, 0.15) is 19.8 Å². The molecule has 3 nitrogen and oxygen atoms in total. The van der Waals surface area contributed by atoms with Crippen LogP contribution in [-0.2, 0) is 4.84 Å². The normalized spacial score (nSPS) is 28.2. The van der Waals surface area contributed by atoms with Crippen molar-refractivity contribution in [2.24, 2.45) is 17.0 Å². The zero-order chi connectivity index (χ0) is 11.2. The summed E-state index contributed by atoms with van der Waals surface area (Å²) in [7, 11) is 0. The molecule has 0 aromatic rings. The highest BCUT2D eigenvalue weighted by Gasteiger charge is 2.30. The summed E-state index contributed by atoms with van der Waals surface area (Å²) in [5.74, 6) is 1.22. The molecule has 0 spiro atoms. The maximum Gasteiger partial charge on any atom is 0.114 e. The molecule has 2 rings (SSSR count). The van der Waals surface area contributed by atoms with Gasteiger partial charge in [-0.25, -0.2) is 0 Å². The van der Waals surface area contributed by atoms with Gasteiger partial charge in [0.1, 0.15) is 6.61 Å². The van der Waals surface area contributed by atoms with Crippen molar-refractivity contribution in [3.05, 3.63) is 36.2 Å². The van der Waals surface area contributed by atoms with E-state index in [1.165, 1.54) is 5.70 Å². The summed E-state index contributed by atoms with van der Waals surface area (Å²) in [6.45, 7) is 2.59. The van der Waals surface area contributed by atoms with E-state index in [0.29, 0.717) is 18.4 Å². The van der Waals surface area contributed by atoms with Crippen molar-refractivity contribution >= 4 is 6.21 Å². The molecule has 0 atom stereocenters. The summed E-state index contributed by atoms with van der Waals surface area (Å²) in [5, 5.41) is 7.23. The second-order valence-corrected chi connectivity index (χ2v) is 4.11. The number of rotatable bonds is 4. The lowest BCUT2D eigenvalue weighted by molar-refractivity contribution is 0.156. The molecule has 1 aliphatic heterocycles. The van der Waals surface area contributed by atoms with Crippen LogP contribution in [-0.4, -0.2) is 12.8 Å². The molecular weight excluding hydrogens is 200 g/mol. The third-order valence-electron chi connectivity index (χ3n) is 2.93. The van der Waals surface area contributed by atoms with E-state index >= 15 is 0 Å². The molecule has 0 aromatic heterocycles. The minimum atomic E-state index is 0.579. The molecule has 1 fully saturated rings. The molecule has 1 aliphatic carbocycles. The standard InChI is InChI=1S/C13H18N2O/c1-2-16-15-10-11-8-12(9-11)13-6-4-3-5-7-14-13/h3-7,10-12,14H,2,8-9H2,1H3. The van der Waals surface area contributed by atoms with Crippen molar-refractivity contribution in [2.75, 3.05) is 6.61 Å². The van der Waals surface area contributed by atoms with Gasteiger partial charge in [-0.3, -0.25) is 0 Å². The molecule has 1 N–H and O–H groups in total. The van der Waals surface area contributed by atoms with Crippen LogP contribution in [0.3, 0.4) is 0 Å². The van der Waals surface area contributed by atoms with Gasteiger partial charge in [0.05, 0.1) is 0 Å². The molecule has 0 bridgehead atoms. The minimum Gasteiger partial charge on any atom is -0.396 e. The van der Waals surface area contributed by atoms with Gasteiger partial charge in [0.2, 0.25) is 0 Å². The van der Waals surface area contributed by atoms with Crippen LogP contribution in [0.25, 0.3) is 0 Å². The second kappa shape index (κ2) is 5.54. The Morgan fingerprint density at radius 1 is 1.44 bits per heavy atom. The topological polar surface area (TPSA) is 33.6 Å². The van der Waals surface area contributed by atoms with Gasteiger partial charge in [-0.05, 0) is 37.8 Å². The first-order valence-corrected chi connectivity index (χ1v) is 5.85. The summed E-state index contributed by atoms with van der Waals surface area (Å²) in [6.07, 6.45) is 14.5. The Bertz CT molecular complexity index is 336. The molecule has 2 aliphatic rings. The molecule has 0 radical (unpaired) electrons. The van der Waals surface area contributed by atoms with E-state index in [9.17, 15) is 0 Å². The first kappa shape index (κ1) is 11.0. The summed E-state index contributed by atoms with van der Waals surface area (Å²) in [4.78, 5) is 4.96. The van der Waals surface area contributed by atoms with Crippen molar-refractivity contribution < 1.29 is 4.84 Å². The highest BCUT2D eigenvalue weighted by atomic mass is 16.6. The van der Waals surface area contributed by atoms with Gasteiger partial charge >= 0.3 is 0 Å². The molecular formula is C13H18N2O. The van der Waals surface area contributed by atoms with E-state index in [0.717, 1.165) is 12.8 Å². The van der Waals surface area contributed by atoms with Crippen LogP contribution in [0.2, 0.25) is 0 Å². The molecule has 1 saturated carbocycles. The van der Waals surface area contributed by atoms with Gasteiger partial charge in [-0.2, -0.15) is 0 Å². The first-order chi connectivity index (χ1) is 7.90. The Kier molecular flexibility index (Phi) is 3.81. The van der Waals surface area contributed by atoms with Gasteiger partial charge < -0.3 is 10.2 Å². The number of nitrogens with zero attached hydrogens (tertiary/aromatic N) is 1. The van der Waals surface area contributed by atoms with E-state index in [4.69, 9.17) is 4.84 Å². The molecule has 3 heteroatoms. The molecule has 1 heterocycles. The maximum atomic E-state index is 4.96. The highest BCUT2D eigenvalue weighted by molar-refractivity contribution is 5.61. The third kappa shape index (κ3) is 2.75. The summed E-state index contributed by atoms with van der Waals surface area (Å²) < 4.78 is 0. The van der Waals surface area contributed by atoms with E-state index in [1.807, 2.05) is 31.5 Å². The predicted molar refractivity (Wildman–Crippen MR) is 65.8 cm³/mol. The van der Waals surface area contributed by atoms with Crippen molar-refractivity contribution in [1.82, 2.24) is 5.32 Å².